The first-order valence-corrected chi connectivity index (χ1v) is 11.5. The second-order valence-electron chi connectivity index (χ2n) is 6.23. The molecule has 0 saturated carbocycles. The predicted molar refractivity (Wildman–Crippen MR) is 114 cm³/mol. The van der Waals surface area contributed by atoms with Crippen molar-refractivity contribution in [1.29, 1.82) is 0 Å². The third-order valence-electron chi connectivity index (χ3n) is 3.82. The zero-order chi connectivity index (χ0) is 22.3. The minimum Gasteiger partial charge on any atom is -0.491 e. The number of hydrogen-bond donors (Lipinski definition) is 2. The van der Waals surface area contributed by atoms with Crippen LogP contribution in [0, 0.1) is 0 Å². The van der Waals surface area contributed by atoms with Crippen molar-refractivity contribution in [2.75, 3.05) is 32.8 Å². The number of sulfone groups is 1. The van der Waals surface area contributed by atoms with Crippen LogP contribution in [0.25, 0.3) is 0 Å². The van der Waals surface area contributed by atoms with Gasteiger partial charge in [0.15, 0.2) is 5.75 Å². The van der Waals surface area contributed by atoms with Crippen molar-refractivity contribution in [3.8, 4) is 11.5 Å². The van der Waals surface area contributed by atoms with Gasteiger partial charge in [0.25, 0.3) is 0 Å². The Kier molecular flexibility index (Phi) is 9.49. The first kappa shape index (κ1) is 25.0. The van der Waals surface area contributed by atoms with E-state index < -0.39 is 22.0 Å². The van der Waals surface area contributed by atoms with Crippen LogP contribution in [0.5, 0.6) is 11.5 Å². The minimum absolute atomic E-state index is 0.00499. The minimum atomic E-state index is -3.91. The maximum absolute atomic E-state index is 12.9. The molecule has 2 atom stereocenters. The average molecular weight is 500 g/mol. The fourth-order valence-electron chi connectivity index (χ4n) is 2.34. The van der Waals surface area contributed by atoms with E-state index in [4.69, 9.17) is 49.0 Å². The molecule has 7 nitrogen and oxygen atoms in total. The number of methoxy groups -OCH3 is 1. The van der Waals surface area contributed by atoms with E-state index in [1.165, 1.54) is 43.5 Å². The predicted octanol–water partition coefficient (Wildman–Crippen LogP) is 3.19. The lowest BCUT2D eigenvalue weighted by Gasteiger charge is -2.14. The Hall–Kier alpha value is -1.26. The second-order valence-corrected chi connectivity index (χ2v) is 9.30. The van der Waals surface area contributed by atoms with Crippen LogP contribution in [0.4, 0.5) is 0 Å². The average Bonchev–Trinajstić information content (AvgIpc) is 2.71. The number of hydrogen-bond acceptors (Lipinski definition) is 7. The Morgan fingerprint density at radius 3 is 2.00 bits per heavy atom. The topological polar surface area (TPSA) is 102 Å². The molecule has 0 amide bonds. The Morgan fingerprint density at radius 1 is 0.900 bits per heavy atom. The smallest absolute Gasteiger partial charge is 0.206 e. The van der Waals surface area contributed by atoms with Gasteiger partial charge in [-0.2, -0.15) is 0 Å². The molecule has 0 fully saturated rings. The van der Waals surface area contributed by atoms with Crippen LogP contribution in [0.3, 0.4) is 0 Å². The zero-order valence-corrected chi connectivity index (χ0v) is 19.0. The molecule has 2 rings (SSSR count). The molecule has 2 aromatic carbocycles. The molecule has 166 valence electrons. The summed E-state index contributed by atoms with van der Waals surface area (Å²) in [5.74, 6) is 0.411. The lowest BCUT2D eigenvalue weighted by Crippen LogP contribution is -2.22. The molecule has 11 heteroatoms. The number of aliphatic hydroxyl groups is 2. The number of aliphatic hydroxyl groups excluding tert-OH is 2. The monoisotopic (exact) mass is 498 g/mol. The molecule has 0 unspecified atom stereocenters. The van der Waals surface area contributed by atoms with Gasteiger partial charge < -0.3 is 24.4 Å². The summed E-state index contributed by atoms with van der Waals surface area (Å²) in [5, 5.41) is 19.0. The Morgan fingerprint density at radius 2 is 1.47 bits per heavy atom. The number of alkyl halides is 1. The van der Waals surface area contributed by atoms with E-state index in [1.54, 1.807) is 0 Å². The van der Waals surface area contributed by atoms with Gasteiger partial charge in [0, 0.05) is 7.11 Å². The van der Waals surface area contributed by atoms with Crippen LogP contribution in [0.1, 0.15) is 0 Å². The maximum atomic E-state index is 12.9. The number of halogens is 3. The van der Waals surface area contributed by atoms with Gasteiger partial charge in [-0.3, -0.25) is 0 Å². The van der Waals surface area contributed by atoms with Crippen molar-refractivity contribution in [3.05, 3.63) is 46.4 Å². The highest BCUT2D eigenvalue weighted by molar-refractivity contribution is 7.91. The lowest BCUT2D eigenvalue weighted by atomic mass is 10.3. The zero-order valence-electron chi connectivity index (χ0n) is 15.9. The molecular formula is C19H21Cl3O7S. The van der Waals surface area contributed by atoms with Gasteiger partial charge in [0.1, 0.15) is 31.2 Å². The van der Waals surface area contributed by atoms with E-state index in [1.807, 2.05) is 0 Å². The fourth-order valence-corrected chi connectivity index (χ4v) is 4.46. The Bertz CT molecular complexity index is 913. The molecule has 0 aliphatic rings. The molecule has 0 bridgehead atoms. The maximum Gasteiger partial charge on any atom is 0.206 e. The highest BCUT2D eigenvalue weighted by Crippen LogP contribution is 2.37. The molecule has 2 aromatic rings. The van der Waals surface area contributed by atoms with E-state index in [0.29, 0.717) is 5.75 Å². The fraction of sp³-hybridized carbons (Fsp3) is 0.368. The number of ether oxygens (including phenoxy) is 3. The van der Waals surface area contributed by atoms with Crippen LogP contribution in [0.15, 0.2) is 46.2 Å². The van der Waals surface area contributed by atoms with Crippen molar-refractivity contribution in [2.24, 2.45) is 0 Å². The van der Waals surface area contributed by atoms with Gasteiger partial charge in [0.2, 0.25) is 9.84 Å². The van der Waals surface area contributed by atoms with Crippen LogP contribution in [-0.2, 0) is 14.6 Å². The van der Waals surface area contributed by atoms with Crippen LogP contribution < -0.4 is 9.47 Å². The summed E-state index contributed by atoms with van der Waals surface area (Å²) < 4.78 is 41.4. The molecule has 0 spiro atoms. The van der Waals surface area contributed by atoms with Crippen molar-refractivity contribution >= 4 is 44.6 Å². The SMILES string of the molecule is COC[C@H](O)COc1ccc(S(=O)(=O)c2cc(Cl)c(OC[C@@H](O)CCl)c(Cl)c2)cc1. The highest BCUT2D eigenvalue weighted by Gasteiger charge is 2.22. The van der Waals surface area contributed by atoms with Gasteiger partial charge in [-0.15, -0.1) is 11.6 Å². The molecular weight excluding hydrogens is 479 g/mol. The van der Waals surface area contributed by atoms with E-state index >= 15 is 0 Å². The lowest BCUT2D eigenvalue weighted by molar-refractivity contribution is 0.0325. The van der Waals surface area contributed by atoms with E-state index in [9.17, 15) is 18.6 Å². The van der Waals surface area contributed by atoms with Crippen molar-refractivity contribution < 1.29 is 32.8 Å². The number of rotatable bonds is 11. The largest absolute Gasteiger partial charge is 0.491 e. The molecule has 2 N–H and O–H groups in total. The van der Waals surface area contributed by atoms with Crippen molar-refractivity contribution in [1.82, 2.24) is 0 Å². The van der Waals surface area contributed by atoms with E-state index in [2.05, 4.69) is 0 Å². The van der Waals surface area contributed by atoms with Crippen LogP contribution in [0.2, 0.25) is 10.0 Å². The summed E-state index contributed by atoms with van der Waals surface area (Å²) in [5.41, 5.74) is 0. The second kappa shape index (κ2) is 11.4. The van der Waals surface area contributed by atoms with Crippen molar-refractivity contribution in [3.63, 3.8) is 0 Å². The van der Waals surface area contributed by atoms with Gasteiger partial charge in [0.05, 0.1) is 32.3 Å². The van der Waals surface area contributed by atoms with E-state index in [-0.39, 0.29) is 51.3 Å². The Balaban J connectivity index is 2.18. The van der Waals surface area contributed by atoms with Crippen molar-refractivity contribution in [2.45, 2.75) is 22.0 Å². The first-order valence-electron chi connectivity index (χ1n) is 8.69. The normalized spacial score (nSPS) is 13.7. The quantitative estimate of drug-likeness (QED) is 0.458. The molecule has 0 aromatic heterocycles. The molecule has 0 heterocycles. The Labute approximate surface area is 190 Å². The summed E-state index contributed by atoms with van der Waals surface area (Å²) >= 11 is 17.8. The molecule has 0 saturated heterocycles. The van der Waals surface area contributed by atoms with E-state index in [0.717, 1.165) is 0 Å². The van der Waals surface area contributed by atoms with Crippen LogP contribution in [-0.4, -0.2) is 63.6 Å². The summed E-state index contributed by atoms with van der Waals surface area (Å²) in [7, 11) is -2.45. The molecule has 30 heavy (non-hydrogen) atoms. The summed E-state index contributed by atoms with van der Waals surface area (Å²) in [6.07, 6.45) is -1.72. The first-order chi connectivity index (χ1) is 14.2. The van der Waals surface area contributed by atoms with Gasteiger partial charge >= 0.3 is 0 Å². The summed E-state index contributed by atoms with van der Waals surface area (Å²) in [6.45, 7) is -0.0147. The highest BCUT2D eigenvalue weighted by atomic mass is 35.5. The van der Waals surface area contributed by atoms with Gasteiger partial charge in [-0.25, -0.2) is 8.42 Å². The summed E-state index contributed by atoms with van der Waals surface area (Å²) in [6, 6.07) is 8.13. The molecule has 0 aliphatic heterocycles. The molecule has 0 radical (unpaired) electrons. The number of benzene rings is 2. The van der Waals surface area contributed by atoms with Gasteiger partial charge in [-0.05, 0) is 36.4 Å². The summed E-state index contributed by atoms with van der Waals surface area (Å²) in [4.78, 5) is -0.113. The standard InChI is InChI=1S/C19H21Cl3O7S/c1-27-9-13(24)11-28-14-2-4-15(5-3-14)30(25,26)16-6-17(21)19(18(22)7-16)29-10-12(23)8-20/h2-7,12-13,23-24H,8-11H2,1H3/t12-,13-/m0/s1. The molecule has 0 aliphatic carbocycles. The third kappa shape index (κ3) is 6.62. The van der Waals surface area contributed by atoms with Crippen LogP contribution >= 0.6 is 34.8 Å². The third-order valence-corrected chi connectivity index (χ3v) is 6.48. The van der Waals surface area contributed by atoms with Gasteiger partial charge in [-0.1, -0.05) is 23.2 Å².